The Morgan fingerprint density at radius 2 is 1.95 bits per heavy atom. The molecule has 1 N–H and O–H groups in total. The van der Waals surface area contributed by atoms with E-state index >= 15 is 0 Å². The van der Waals surface area contributed by atoms with Crippen LogP contribution in [0.3, 0.4) is 0 Å². The van der Waals surface area contributed by atoms with Gasteiger partial charge in [0.05, 0.1) is 10.6 Å². The van der Waals surface area contributed by atoms with Gasteiger partial charge >= 0.3 is 0 Å². The topological polar surface area (TPSA) is 35.8 Å². The molecule has 0 fully saturated rings. The normalized spacial score (nSPS) is 10.0. The maximum atomic E-state index is 13.6. The zero-order chi connectivity index (χ0) is 13.8. The monoisotopic (exact) mass is 294 g/mol. The van der Waals surface area contributed by atoms with E-state index in [1.807, 2.05) is 6.07 Å². The molecule has 19 heavy (non-hydrogen) atoms. The van der Waals surface area contributed by atoms with Gasteiger partial charge in [-0.25, -0.2) is 4.39 Å². The lowest BCUT2D eigenvalue weighted by Gasteiger charge is -2.09. The molecule has 0 heterocycles. The highest BCUT2D eigenvalue weighted by molar-refractivity contribution is 6.32. The second kappa shape index (κ2) is 5.92. The van der Waals surface area contributed by atoms with E-state index in [1.54, 1.807) is 30.3 Å². The van der Waals surface area contributed by atoms with Crippen LogP contribution in [0.15, 0.2) is 36.4 Å². The molecule has 5 heteroatoms. The van der Waals surface area contributed by atoms with E-state index in [2.05, 4.69) is 5.32 Å². The van der Waals surface area contributed by atoms with E-state index in [-0.39, 0.29) is 12.4 Å². The van der Waals surface area contributed by atoms with Crippen molar-refractivity contribution in [3.8, 4) is 6.07 Å². The third kappa shape index (κ3) is 3.17. The van der Waals surface area contributed by atoms with Gasteiger partial charge in [-0.3, -0.25) is 0 Å². The molecule has 0 aliphatic heterocycles. The van der Waals surface area contributed by atoms with E-state index in [9.17, 15) is 4.39 Å². The molecule has 0 amide bonds. The Balaban J connectivity index is 2.15. The number of rotatable bonds is 3. The minimum absolute atomic E-state index is 0.244. The zero-order valence-corrected chi connectivity index (χ0v) is 11.3. The average molecular weight is 295 g/mol. The van der Waals surface area contributed by atoms with Gasteiger partial charge in [-0.15, -0.1) is 0 Å². The first kappa shape index (κ1) is 13.7. The maximum Gasteiger partial charge on any atom is 0.129 e. The molecule has 2 aromatic carbocycles. The SMILES string of the molecule is N#Cc1ccc(NCc2c(F)cccc2Cl)cc1Cl. The van der Waals surface area contributed by atoms with Crippen molar-refractivity contribution in [2.75, 3.05) is 5.32 Å². The minimum Gasteiger partial charge on any atom is -0.381 e. The van der Waals surface area contributed by atoms with Crippen molar-refractivity contribution >= 4 is 28.9 Å². The number of halogens is 3. The molecule has 0 saturated carbocycles. The van der Waals surface area contributed by atoms with Crippen LogP contribution in [0.5, 0.6) is 0 Å². The Bertz CT molecular complexity index is 630. The lowest BCUT2D eigenvalue weighted by atomic mass is 10.2. The van der Waals surface area contributed by atoms with Crippen molar-refractivity contribution in [2.24, 2.45) is 0 Å². The number of hydrogen-bond donors (Lipinski definition) is 1. The predicted octanol–water partition coefficient (Wildman–Crippen LogP) is 4.62. The summed E-state index contributed by atoms with van der Waals surface area (Å²) >= 11 is 11.8. The van der Waals surface area contributed by atoms with Crippen molar-refractivity contribution in [1.82, 2.24) is 0 Å². The summed E-state index contributed by atoms with van der Waals surface area (Å²) in [6, 6.07) is 11.4. The highest BCUT2D eigenvalue weighted by atomic mass is 35.5. The lowest BCUT2D eigenvalue weighted by molar-refractivity contribution is 0.613. The van der Waals surface area contributed by atoms with E-state index in [0.29, 0.717) is 26.9 Å². The molecule has 96 valence electrons. The molecule has 2 rings (SSSR count). The fourth-order valence-electron chi connectivity index (χ4n) is 1.61. The lowest BCUT2D eigenvalue weighted by Crippen LogP contribution is -2.02. The standard InChI is InChI=1S/C14H9Cl2FN2/c15-12-2-1-3-14(17)11(12)8-19-10-5-4-9(7-18)13(16)6-10/h1-6,19H,8H2. The number of benzene rings is 2. The predicted molar refractivity (Wildman–Crippen MR) is 74.9 cm³/mol. The summed E-state index contributed by atoms with van der Waals surface area (Å²) in [5.41, 5.74) is 1.49. The van der Waals surface area contributed by atoms with Gasteiger partial charge in [0.25, 0.3) is 0 Å². The van der Waals surface area contributed by atoms with Gasteiger partial charge in [0, 0.05) is 22.8 Å². The zero-order valence-electron chi connectivity index (χ0n) is 9.75. The molecule has 0 bridgehead atoms. The average Bonchev–Trinajstić information content (AvgIpc) is 2.38. The largest absolute Gasteiger partial charge is 0.381 e. The molecular formula is C14H9Cl2FN2. The summed E-state index contributed by atoms with van der Waals surface area (Å²) in [7, 11) is 0. The summed E-state index contributed by atoms with van der Waals surface area (Å²) in [6.45, 7) is 0.244. The van der Waals surface area contributed by atoms with Gasteiger partial charge in [0.2, 0.25) is 0 Å². The van der Waals surface area contributed by atoms with Crippen molar-refractivity contribution in [2.45, 2.75) is 6.54 Å². The molecule has 0 radical (unpaired) electrons. The number of nitrogens with zero attached hydrogens (tertiary/aromatic N) is 1. The van der Waals surface area contributed by atoms with E-state index in [4.69, 9.17) is 28.5 Å². The summed E-state index contributed by atoms with van der Waals surface area (Å²) in [5, 5.41) is 12.5. The molecule has 0 aliphatic rings. The Labute approximate surface area is 120 Å². The van der Waals surface area contributed by atoms with Crippen molar-refractivity contribution in [1.29, 1.82) is 5.26 Å². The van der Waals surface area contributed by atoms with Crippen LogP contribution in [0.1, 0.15) is 11.1 Å². The van der Waals surface area contributed by atoms with Crippen molar-refractivity contribution < 1.29 is 4.39 Å². The summed E-state index contributed by atoms with van der Waals surface area (Å²) in [4.78, 5) is 0. The van der Waals surface area contributed by atoms with Crippen molar-refractivity contribution in [3.63, 3.8) is 0 Å². The molecule has 0 unspecified atom stereocenters. The van der Waals surface area contributed by atoms with Crippen LogP contribution in [0.2, 0.25) is 10.0 Å². The number of nitriles is 1. The fourth-order valence-corrected chi connectivity index (χ4v) is 2.06. The van der Waals surface area contributed by atoms with Gasteiger partial charge in [-0.2, -0.15) is 5.26 Å². The van der Waals surface area contributed by atoms with Crippen LogP contribution in [-0.2, 0) is 6.54 Å². The van der Waals surface area contributed by atoms with Gasteiger partial charge in [0.15, 0.2) is 0 Å². The smallest absolute Gasteiger partial charge is 0.129 e. The third-order valence-electron chi connectivity index (χ3n) is 2.62. The van der Waals surface area contributed by atoms with Crippen molar-refractivity contribution in [3.05, 3.63) is 63.4 Å². The van der Waals surface area contributed by atoms with Crippen LogP contribution >= 0.6 is 23.2 Å². The Morgan fingerprint density at radius 1 is 1.16 bits per heavy atom. The molecule has 0 aliphatic carbocycles. The van der Waals surface area contributed by atoms with Gasteiger partial charge in [-0.1, -0.05) is 29.3 Å². The molecule has 2 aromatic rings. The minimum atomic E-state index is -0.361. The third-order valence-corrected chi connectivity index (χ3v) is 3.29. The second-order valence-corrected chi connectivity index (χ2v) is 4.67. The Hall–Kier alpha value is -1.76. The quantitative estimate of drug-likeness (QED) is 0.897. The Morgan fingerprint density at radius 3 is 2.58 bits per heavy atom. The highest BCUT2D eigenvalue weighted by Gasteiger charge is 2.07. The first-order chi connectivity index (χ1) is 9.11. The summed E-state index contributed by atoms with van der Waals surface area (Å²) in [6.07, 6.45) is 0. The van der Waals surface area contributed by atoms with Crippen LogP contribution in [-0.4, -0.2) is 0 Å². The van der Waals surface area contributed by atoms with E-state index < -0.39 is 0 Å². The highest BCUT2D eigenvalue weighted by Crippen LogP contribution is 2.23. The van der Waals surface area contributed by atoms with Crippen LogP contribution in [0.25, 0.3) is 0 Å². The number of anilines is 1. The second-order valence-electron chi connectivity index (χ2n) is 3.86. The van der Waals surface area contributed by atoms with Crippen LogP contribution in [0, 0.1) is 17.1 Å². The van der Waals surface area contributed by atoms with E-state index in [1.165, 1.54) is 6.07 Å². The van der Waals surface area contributed by atoms with Crippen LogP contribution in [0.4, 0.5) is 10.1 Å². The first-order valence-electron chi connectivity index (χ1n) is 5.48. The first-order valence-corrected chi connectivity index (χ1v) is 6.24. The molecule has 2 nitrogen and oxygen atoms in total. The number of hydrogen-bond acceptors (Lipinski definition) is 2. The number of nitrogens with one attached hydrogen (secondary N) is 1. The van der Waals surface area contributed by atoms with Crippen LogP contribution < -0.4 is 5.32 Å². The summed E-state index contributed by atoms with van der Waals surface area (Å²) < 4.78 is 13.6. The molecule has 0 saturated heterocycles. The summed E-state index contributed by atoms with van der Waals surface area (Å²) in [5.74, 6) is -0.361. The Kier molecular flexibility index (Phi) is 4.26. The van der Waals surface area contributed by atoms with Gasteiger partial charge in [-0.05, 0) is 30.3 Å². The maximum absolute atomic E-state index is 13.6. The molecular weight excluding hydrogens is 286 g/mol. The van der Waals surface area contributed by atoms with Gasteiger partial charge < -0.3 is 5.32 Å². The van der Waals surface area contributed by atoms with Gasteiger partial charge in [0.1, 0.15) is 11.9 Å². The fraction of sp³-hybridized carbons (Fsp3) is 0.0714. The van der Waals surface area contributed by atoms with E-state index in [0.717, 1.165) is 0 Å². The molecule has 0 aromatic heterocycles. The molecule has 0 spiro atoms. The molecule has 0 atom stereocenters.